The summed E-state index contributed by atoms with van der Waals surface area (Å²) < 4.78 is 0. The summed E-state index contributed by atoms with van der Waals surface area (Å²) in [4.78, 5) is 6.47. The molecule has 4 heteroatoms. The van der Waals surface area contributed by atoms with Crippen LogP contribution in [0.15, 0.2) is 12.3 Å². The molecule has 2 heterocycles. The summed E-state index contributed by atoms with van der Waals surface area (Å²) in [6.07, 6.45) is 2.93. The largest absolute Gasteiger partial charge is 0.356 e. The summed E-state index contributed by atoms with van der Waals surface area (Å²) in [5, 5.41) is 0.659. The zero-order valence-corrected chi connectivity index (χ0v) is 8.09. The molecule has 13 heavy (non-hydrogen) atoms. The van der Waals surface area contributed by atoms with Crippen LogP contribution in [0.5, 0.6) is 0 Å². The third-order valence-electron chi connectivity index (χ3n) is 2.32. The average molecular weight is 198 g/mol. The zero-order valence-electron chi connectivity index (χ0n) is 7.33. The molecule has 0 unspecified atom stereocenters. The van der Waals surface area contributed by atoms with Crippen molar-refractivity contribution in [2.45, 2.75) is 13.0 Å². The van der Waals surface area contributed by atoms with E-state index in [0.29, 0.717) is 11.6 Å². The Labute approximate surface area is 82.5 Å². The van der Waals surface area contributed by atoms with Gasteiger partial charge >= 0.3 is 0 Å². The Bertz CT molecular complexity index is 310. The maximum absolute atomic E-state index is 5.90. The quantitative estimate of drug-likeness (QED) is 0.780. The lowest BCUT2D eigenvalue weighted by Crippen LogP contribution is -2.37. The number of rotatable bonds is 2. The minimum Gasteiger partial charge on any atom is -0.356 e. The van der Waals surface area contributed by atoms with Crippen LogP contribution in [-0.4, -0.2) is 18.1 Å². The van der Waals surface area contributed by atoms with Gasteiger partial charge in [0.25, 0.3) is 0 Å². The van der Waals surface area contributed by atoms with Gasteiger partial charge in [0.05, 0.1) is 5.02 Å². The second-order valence-electron chi connectivity index (χ2n) is 3.18. The van der Waals surface area contributed by atoms with Gasteiger partial charge in [0, 0.05) is 25.8 Å². The maximum Gasteiger partial charge on any atom is 0.128 e. The predicted molar refractivity (Wildman–Crippen MR) is 54.0 cm³/mol. The molecular formula is C9H12ClN3. The van der Waals surface area contributed by atoms with E-state index in [9.17, 15) is 0 Å². The van der Waals surface area contributed by atoms with Crippen molar-refractivity contribution in [1.82, 2.24) is 4.98 Å². The van der Waals surface area contributed by atoms with E-state index in [1.54, 1.807) is 6.20 Å². The fourth-order valence-electron chi connectivity index (χ4n) is 1.34. The molecule has 0 spiro atoms. The van der Waals surface area contributed by atoms with E-state index in [4.69, 9.17) is 17.3 Å². The van der Waals surface area contributed by atoms with Gasteiger partial charge in [0.2, 0.25) is 0 Å². The Morgan fingerprint density at radius 1 is 1.54 bits per heavy atom. The van der Waals surface area contributed by atoms with E-state index in [0.717, 1.165) is 24.5 Å². The van der Waals surface area contributed by atoms with Crippen LogP contribution in [-0.2, 0) is 6.54 Å². The number of nitrogens with zero attached hydrogens (tertiary/aromatic N) is 2. The normalized spacial score (nSPS) is 15.7. The van der Waals surface area contributed by atoms with Crippen LogP contribution in [0.4, 0.5) is 5.82 Å². The molecule has 2 rings (SSSR count). The van der Waals surface area contributed by atoms with E-state index < -0.39 is 0 Å². The Morgan fingerprint density at radius 3 is 2.85 bits per heavy atom. The number of nitrogens with two attached hydrogens (primary N) is 1. The van der Waals surface area contributed by atoms with Crippen molar-refractivity contribution in [2.75, 3.05) is 18.0 Å². The van der Waals surface area contributed by atoms with Gasteiger partial charge < -0.3 is 10.6 Å². The molecule has 2 N–H and O–H groups in total. The van der Waals surface area contributed by atoms with Crippen molar-refractivity contribution in [3.8, 4) is 0 Å². The van der Waals surface area contributed by atoms with E-state index in [-0.39, 0.29) is 0 Å². The van der Waals surface area contributed by atoms with Gasteiger partial charge in [-0.1, -0.05) is 11.6 Å². The molecule has 0 atom stereocenters. The highest BCUT2D eigenvalue weighted by Crippen LogP contribution is 2.22. The Kier molecular flexibility index (Phi) is 2.38. The first-order chi connectivity index (χ1) is 6.31. The Hall–Kier alpha value is -0.800. The predicted octanol–water partition coefficient (Wildman–Crippen LogP) is 1.40. The van der Waals surface area contributed by atoms with E-state index in [1.165, 1.54) is 6.42 Å². The van der Waals surface area contributed by atoms with Gasteiger partial charge in [0.1, 0.15) is 5.82 Å². The second kappa shape index (κ2) is 3.52. The first-order valence-electron chi connectivity index (χ1n) is 4.40. The SMILES string of the molecule is NCc1cc(N2CCC2)ncc1Cl. The lowest BCUT2D eigenvalue weighted by molar-refractivity contribution is 0.609. The van der Waals surface area contributed by atoms with Gasteiger partial charge in [-0.3, -0.25) is 0 Å². The Morgan fingerprint density at radius 2 is 2.31 bits per heavy atom. The number of halogens is 1. The summed E-state index contributed by atoms with van der Waals surface area (Å²) in [5.74, 6) is 0.996. The van der Waals surface area contributed by atoms with Gasteiger partial charge in [-0.25, -0.2) is 4.98 Å². The molecule has 0 amide bonds. The molecule has 70 valence electrons. The lowest BCUT2D eigenvalue weighted by atomic mass is 10.2. The number of hydrogen-bond donors (Lipinski definition) is 1. The average Bonchev–Trinajstić information content (AvgIpc) is 2.05. The van der Waals surface area contributed by atoms with Gasteiger partial charge in [-0.15, -0.1) is 0 Å². The number of aromatic nitrogens is 1. The van der Waals surface area contributed by atoms with E-state index in [2.05, 4.69) is 9.88 Å². The lowest BCUT2D eigenvalue weighted by Gasteiger charge is -2.32. The van der Waals surface area contributed by atoms with Crippen molar-refractivity contribution >= 4 is 17.4 Å². The Balaban J connectivity index is 2.26. The van der Waals surface area contributed by atoms with Crippen molar-refractivity contribution in [3.63, 3.8) is 0 Å². The van der Waals surface area contributed by atoms with Gasteiger partial charge in [-0.05, 0) is 18.1 Å². The molecule has 1 aliphatic rings. The standard InChI is InChI=1S/C9H12ClN3/c10-8-6-12-9(4-7(8)5-11)13-2-1-3-13/h4,6H,1-3,5,11H2. The molecular weight excluding hydrogens is 186 g/mol. The molecule has 0 radical (unpaired) electrons. The molecule has 0 aromatic carbocycles. The molecule has 0 saturated carbocycles. The molecule has 1 aromatic rings. The molecule has 0 bridgehead atoms. The molecule has 1 aromatic heterocycles. The third-order valence-corrected chi connectivity index (χ3v) is 2.66. The molecule has 1 fully saturated rings. The summed E-state index contributed by atoms with van der Waals surface area (Å²) in [5.41, 5.74) is 6.52. The van der Waals surface area contributed by atoms with Crippen molar-refractivity contribution < 1.29 is 0 Å². The van der Waals surface area contributed by atoms with E-state index >= 15 is 0 Å². The van der Waals surface area contributed by atoms with Crippen LogP contribution in [0, 0.1) is 0 Å². The van der Waals surface area contributed by atoms with Crippen LogP contribution >= 0.6 is 11.6 Å². The number of pyridine rings is 1. The second-order valence-corrected chi connectivity index (χ2v) is 3.59. The maximum atomic E-state index is 5.90. The number of hydrogen-bond acceptors (Lipinski definition) is 3. The monoisotopic (exact) mass is 197 g/mol. The van der Waals surface area contributed by atoms with Crippen LogP contribution in [0.3, 0.4) is 0 Å². The molecule has 3 nitrogen and oxygen atoms in total. The third kappa shape index (κ3) is 1.62. The minimum atomic E-state index is 0.474. The smallest absolute Gasteiger partial charge is 0.128 e. The summed E-state index contributed by atoms with van der Waals surface area (Å²) in [7, 11) is 0. The van der Waals surface area contributed by atoms with E-state index in [1.807, 2.05) is 6.07 Å². The topological polar surface area (TPSA) is 42.1 Å². The first-order valence-corrected chi connectivity index (χ1v) is 4.78. The van der Waals surface area contributed by atoms with Crippen LogP contribution in [0.1, 0.15) is 12.0 Å². The summed E-state index contributed by atoms with van der Waals surface area (Å²) in [6.45, 7) is 2.67. The zero-order chi connectivity index (χ0) is 9.26. The van der Waals surface area contributed by atoms with Crippen LogP contribution in [0.2, 0.25) is 5.02 Å². The fraction of sp³-hybridized carbons (Fsp3) is 0.444. The van der Waals surface area contributed by atoms with Crippen LogP contribution in [0.25, 0.3) is 0 Å². The highest BCUT2D eigenvalue weighted by Gasteiger charge is 2.16. The summed E-state index contributed by atoms with van der Waals surface area (Å²) in [6, 6.07) is 1.97. The molecule has 0 aliphatic carbocycles. The first kappa shape index (κ1) is 8.78. The number of anilines is 1. The van der Waals surface area contributed by atoms with Crippen molar-refractivity contribution in [3.05, 3.63) is 22.8 Å². The summed E-state index contributed by atoms with van der Waals surface area (Å²) >= 11 is 5.90. The van der Waals surface area contributed by atoms with Crippen LogP contribution < -0.4 is 10.6 Å². The van der Waals surface area contributed by atoms with Gasteiger partial charge in [0.15, 0.2) is 0 Å². The molecule has 1 saturated heterocycles. The fourth-order valence-corrected chi connectivity index (χ4v) is 1.52. The highest BCUT2D eigenvalue weighted by atomic mass is 35.5. The minimum absolute atomic E-state index is 0.474. The van der Waals surface area contributed by atoms with Crippen molar-refractivity contribution in [1.29, 1.82) is 0 Å². The molecule has 1 aliphatic heterocycles. The highest BCUT2D eigenvalue weighted by molar-refractivity contribution is 6.31. The van der Waals surface area contributed by atoms with Gasteiger partial charge in [-0.2, -0.15) is 0 Å². The van der Waals surface area contributed by atoms with Crippen molar-refractivity contribution in [2.24, 2.45) is 5.73 Å².